The van der Waals surface area contributed by atoms with Crippen LogP contribution in [0.3, 0.4) is 0 Å². The van der Waals surface area contributed by atoms with Gasteiger partial charge in [-0.15, -0.1) is 0 Å². The van der Waals surface area contributed by atoms with E-state index in [-0.39, 0.29) is 67.0 Å². The molecule has 1 rings (SSSR count). The van der Waals surface area contributed by atoms with Gasteiger partial charge in [-0.05, 0) is 12.1 Å². The molecule has 0 atom stereocenters. The number of carboxylic acid groups (broad SMARTS) is 1. The van der Waals surface area contributed by atoms with Crippen molar-refractivity contribution in [3.05, 3.63) is 33.6 Å². The van der Waals surface area contributed by atoms with Gasteiger partial charge in [0.2, 0.25) is 0 Å². The number of aromatic carboxylic acids is 1. The predicted molar refractivity (Wildman–Crippen MR) is 50.5 cm³/mol. The number of rotatable bonds is 1. The molecule has 0 radical (unpaired) electrons. The van der Waals surface area contributed by atoms with E-state index in [1.807, 2.05) is 0 Å². The van der Waals surface area contributed by atoms with Crippen LogP contribution in [-0.4, -0.2) is 62.5 Å². The van der Waals surface area contributed by atoms with Crippen LogP contribution < -0.4 is 0 Å². The van der Waals surface area contributed by atoms with Crippen molar-refractivity contribution >= 4 is 80.6 Å². The molecule has 0 aliphatic carbocycles. The zero-order chi connectivity index (χ0) is 9.30. The third-order valence-corrected chi connectivity index (χ3v) is 1.84. The number of hydrogen-bond donors (Lipinski definition) is 1. The average molecular weight is 249 g/mol. The zero-order valence-electron chi connectivity index (χ0n) is 5.64. The minimum atomic E-state index is -1.28. The molecule has 0 aromatic heterocycles. The Morgan fingerprint density at radius 2 is 1.85 bits per heavy atom. The van der Waals surface area contributed by atoms with Crippen LogP contribution in [0.2, 0.25) is 10.0 Å². The first-order chi connectivity index (χ1) is 5.52. The molecule has 0 amide bonds. The molecule has 0 unspecified atom stereocenters. The van der Waals surface area contributed by atoms with Gasteiger partial charge in [0.15, 0.2) is 0 Å². The summed E-state index contributed by atoms with van der Waals surface area (Å²) in [7, 11) is 0. The Bertz CT molecular complexity index is 344. The van der Waals surface area contributed by atoms with Gasteiger partial charge in [-0.3, -0.25) is 0 Å². The van der Waals surface area contributed by atoms with Gasteiger partial charge in [0.05, 0.1) is 15.6 Å². The van der Waals surface area contributed by atoms with Gasteiger partial charge >= 0.3 is 57.4 Å². The van der Waals surface area contributed by atoms with Gasteiger partial charge in [-0.1, -0.05) is 23.2 Å². The summed E-state index contributed by atoms with van der Waals surface area (Å²) < 4.78 is 12.7. The van der Waals surface area contributed by atoms with Gasteiger partial charge in [-0.25, -0.2) is 9.18 Å². The summed E-state index contributed by atoms with van der Waals surface area (Å²) >= 11 is 10.8. The Morgan fingerprint density at radius 3 is 2.31 bits per heavy atom. The van der Waals surface area contributed by atoms with Crippen molar-refractivity contribution in [3.63, 3.8) is 0 Å². The number of carboxylic acids is 1. The van der Waals surface area contributed by atoms with Crippen molar-refractivity contribution in [2.45, 2.75) is 0 Å². The molecule has 0 saturated carbocycles. The number of halogens is 3. The standard InChI is InChI=1S/C7H3Cl2FO2.K.H/c8-4-2-5(9)6(10)1-3(4)7(11)12;;/h1-2H,(H,11,12);;. The topological polar surface area (TPSA) is 37.3 Å². The molecule has 66 valence electrons. The van der Waals surface area contributed by atoms with Crippen LogP contribution in [0.1, 0.15) is 10.4 Å². The molecule has 0 aliphatic rings. The van der Waals surface area contributed by atoms with Gasteiger partial charge in [0.1, 0.15) is 5.82 Å². The first-order valence-electron chi connectivity index (χ1n) is 2.90. The molecule has 0 bridgehead atoms. The molecule has 0 aliphatic heterocycles. The summed E-state index contributed by atoms with van der Waals surface area (Å²) in [4.78, 5) is 10.4. The van der Waals surface area contributed by atoms with E-state index in [0.717, 1.165) is 12.1 Å². The SMILES string of the molecule is O=C(O)c1cc(F)c(Cl)cc1Cl.[KH]. The summed E-state index contributed by atoms with van der Waals surface area (Å²) in [5, 5.41) is 8.22. The quantitative estimate of drug-likeness (QED) is 0.611. The van der Waals surface area contributed by atoms with Crippen LogP contribution in [0.15, 0.2) is 12.1 Å². The van der Waals surface area contributed by atoms with E-state index in [2.05, 4.69) is 0 Å². The Labute approximate surface area is 126 Å². The van der Waals surface area contributed by atoms with Crippen molar-refractivity contribution in [3.8, 4) is 0 Å². The molecule has 0 spiro atoms. The molecule has 1 N–H and O–H groups in total. The summed E-state index contributed by atoms with van der Waals surface area (Å²) in [5.41, 5.74) is -0.293. The van der Waals surface area contributed by atoms with Crippen molar-refractivity contribution in [2.24, 2.45) is 0 Å². The molecule has 0 heterocycles. The molecule has 0 saturated heterocycles. The van der Waals surface area contributed by atoms with Gasteiger partial charge in [-0.2, -0.15) is 0 Å². The molecular formula is C7H4Cl2FKO2. The van der Waals surface area contributed by atoms with Crippen LogP contribution in [0.5, 0.6) is 0 Å². The molecule has 13 heavy (non-hydrogen) atoms. The van der Waals surface area contributed by atoms with E-state index in [9.17, 15) is 9.18 Å². The Kier molecular flexibility index (Phi) is 6.02. The van der Waals surface area contributed by atoms with Gasteiger partial charge < -0.3 is 5.11 Å². The molecule has 6 heteroatoms. The maximum atomic E-state index is 12.7. The van der Waals surface area contributed by atoms with Crippen molar-refractivity contribution < 1.29 is 14.3 Å². The van der Waals surface area contributed by atoms with Crippen LogP contribution in [0.25, 0.3) is 0 Å². The van der Waals surface area contributed by atoms with Gasteiger partial charge in [0, 0.05) is 0 Å². The summed E-state index contributed by atoms with van der Waals surface area (Å²) in [6.45, 7) is 0. The minimum absolute atomic E-state index is 0. The van der Waals surface area contributed by atoms with Crippen LogP contribution in [-0.2, 0) is 0 Å². The normalized spacial score (nSPS) is 9.15. The third kappa shape index (κ3) is 3.47. The first-order valence-corrected chi connectivity index (χ1v) is 3.66. The maximum absolute atomic E-state index is 12.7. The Balaban J connectivity index is 0.00000144. The first kappa shape index (κ1) is 13.8. The summed E-state index contributed by atoms with van der Waals surface area (Å²) in [6, 6.07) is 1.84. The molecule has 2 nitrogen and oxygen atoms in total. The van der Waals surface area contributed by atoms with E-state index >= 15 is 0 Å². The zero-order valence-corrected chi connectivity index (χ0v) is 7.16. The van der Waals surface area contributed by atoms with Crippen LogP contribution >= 0.6 is 23.2 Å². The number of hydrogen-bond acceptors (Lipinski definition) is 1. The fraction of sp³-hybridized carbons (Fsp3) is 0. The van der Waals surface area contributed by atoms with E-state index in [1.54, 1.807) is 0 Å². The fourth-order valence-electron chi connectivity index (χ4n) is 0.686. The molecule has 1 aromatic rings. The molecule has 0 fully saturated rings. The summed E-state index contributed by atoms with van der Waals surface area (Å²) in [5.74, 6) is -2.07. The van der Waals surface area contributed by atoms with E-state index < -0.39 is 11.8 Å². The van der Waals surface area contributed by atoms with E-state index in [1.165, 1.54) is 0 Å². The number of carbonyl (C=O) groups is 1. The van der Waals surface area contributed by atoms with Gasteiger partial charge in [0.25, 0.3) is 0 Å². The fourth-order valence-corrected chi connectivity index (χ4v) is 1.15. The molecule has 1 aromatic carbocycles. The summed E-state index contributed by atoms with van der Waals surface area (Å²) in [6.07, 6.45) is 0. The van der Waals surface area contributed by atoms with Crippen molar-refractivity contribution in [1.82, 2.24) is 0 Å². The Morgan fingerprint density at radius 1 is 1.31 bits per heavy atom. The third-order valence-electron chi connectivity index (χ3n) is 1.24. The van der Waals surface area contributed by atoms with E-state index in [4.69, 9.17) is 28.3 Å². The van der Waals surface area contributed by atoms with Crippen LogP contribution in [0.4, 0.5) is 4.39 Å². The molecular weight excluding hydrogens is 245 g/mol. The number of benzene rings is 1. The van der Waals surface area contributed by atoms with E-state index in [0.29, 0.717) is 0 Å². The van der Waals surface area contributed by atoms with Crippen LogP contribution in [0, 0.1) is 5.82 Å². The second kappa shape index (κ2) is 5.65. The second-order valence-electron chi connectivity index (χ2n) is 2.05. The predicted octanol–water partition coefficient (Wildman–Crippen LogP) is 2.18. The monoisotopic (exact) mass is 248 g/mol. The Hall–Kier alpha value is 0.836. The van der Waals surface area contributed by atoms with Crippen molar-refractivity contribution in [2.75, 3.05) is 0 Å². The van der Waals surface area contributed by atoms with Crippen molar-refractivity contribution in [1.29, 1.82) is 0 Å². The average Bonchev–Trinajstić information content (AvgIpc) is 1.96. The second-order valence-corrected chi connectivity index (χ2v) is 2.87.